The first kappa shape index (κ1) is 10.7. The number of ether oxygens (including phenoxy) is 1. The van der Waals surface area contributed by atoms with Gasteiger partial charge in [-0.05, 0) is 31.9 Å². The van der Waals surface area contributed by atoms with E-state index in [1.807, 2.05) is 0 Å². The van der Waals surface area contributed by atoms with E-state index in [1.54, 1.807) is 0 Å². The first-order chi connectivity index (χ1) is 7.22. The topological polar surface area (TPSA) is 40.2 Å². The number of aryl methyl sites for hydroxylation is 1. The van der Waals surface area contributed by atoms with Gasteiger partial charge in [-0.3, -0.25) is 0 Å². The Labute approximate surface area is 91.2 Å². The van der Waals surface area contributed by atoms with Gasteiger partial charge in [-0.1, -0.05) is 0 Å². The molecular formula is C12H20N2O. The van der Waals surface area contributed by atoms with Gasteiger partial charge in [-0.25, -0.2) is 0 Å². The molecule has 0 aliphatic carbocycles. The molecule has 3 nitrogen and oxygen atoms in total. The zero-order chi connectivity index (χ0) is 10.8. The summed E-state index contributed by atoms with van der Waals surface area (Å²) in [5.41, 5.74) is 9.61. The third kappa shape index (κ3) is 2.08. The van der Waals surface area contributed by atoms with E-state index in [1.165, 1.54) is 23.4 Å². The molecule has 1 aliphatic heterocycles. The first-order valence-electron chi connectivity index (χ1n) is 5.65. The van der Waals surface area contributed by atoms with Crippen molar-refractivity contribution in [3.63, 3.8) is 0 Å². The zero-order valence-electron chi connectivity index (χ0n) is 9.62. The highest BCUT2D eigenvalue weighted by molar-refractivity contribution is 5.26. The molecule has 15 heavy (non-hydrogen) atoms. The van der Waals surface area contributed by atoms with Gasteiger partial charge in [-0.15, -0.1) is 0 Å². The second-order valence-electron chi connectivity index (χ2n) is 4.44. The molecule has 0 bridgehead atoms. The molecule has 1 aromatic rings. The fourth-order valence-corrected chi connectivity index (χ4v) is 2.35. The number of aromatic nitrogens is 1. The van der Waals surface area contributed by atoms with Crippen LogP contribution in [0, 0.1) is 19.8 Å². The van der Waals surface area contributed by atoms with Crippen molar-refractivity contribution in [1.29, 1.82) is 0 Å². The van der Waals surface area contributed by atoms with Crippen LogP contribution >= 0.6 is 0 Å². The van der Waals surface area contributed by atoms with Crippen molar-refractivity contribution in [2.75, 3.05) is 13.2 Å². The van der Waals surface area contributed by atoms with Crippen LogP contribution in [0.5, 0.6) is 0 Å². The Morgan fingerprint density at radius 3 is 2.87 bits per heavy atom. The molecule has 1 fully saturated rings. The summed E-state index contributed by atoms with van der Waals surface area (Å²) in [6, 6.07) is 2.20. The van der Waals surface area contributed by atoms with Crippen molar-refractivity contribution >= 4 is 0 Å². The summed E-state index contributed by atoms with van der Waals surface area (Å²) in [5, 5.41) is 0. The molecule has 2 N–H and O–H groups in total. The Balaban J connectivity index is 2.15. The molecule has 1 unspecified atom stereocenters. The summed E-state index contributed by atoms with van der Waals surface area (Å²) in [6.45, 7) is 7.87. The van der Waals surface area contributed by atoms with Crippen LogP contribution in [0.1, 0.15) is 23.4 Å². The number of hydrogen-bond donors (Lipinski definition) is 1. The molecule has 84 valence electrons. The van der Waals surface area contributed by atoms with Crippen LogP contribution in [0.15, 0.2) is 6.07 Å². The molecule has 0 amide bonds. The van der Waals surface area contributed by atoms with E-state index in [9.17, 15) is 0 Å². The van der Waals surface area contributed by atoms with Crippen molar-refractivity contribution in [3.8, 4) is 0 Å². The maximum atomic E-state index is 5.70. The minimum absolute atomic E-state index is 0.640. The van der Waals surface area contributed by atoms with Gasteiger partial charge in [-0.2, -0.15) is 0 Å². The Bertz CT molecular complexity index is 338. The highest BCUT2D eigenvalue weighted by atomic mass is 16.5. The van der Waals surface area contributed by atoms with Crippen LogP contribution in [0.3, 0.4) is 0 Å². The molecule has 1 aromatic heterocycles. The Kier molecular flexibility index (Phi) is 3.12. The number of nitrogens with two attached hydrogens (primary N) is 1. The van der Waals surface area contributed by atoms with Crippen molar-refractivity contribution in [2.24, 2.45) is 11.7 Å². The van der Waals surface area contributed by atoms with E-state index >= 15 is 0 Å². The maximum Gasteiger partial charge on any atom is 0.0512 e. The summed E-state index contributed by atoms with van der Waals surface area (Å²) < 4.78 is 7.78. The van der Waals surface area contributed by atoms with E-state index < -0.39 is 0 Å². The van der Waals surface area contributed by atoms with Crippen molar-refractivity contribution in [2.45, 2.75) is 33.4 Å². The fraction of sp³-hybridized carbons (Fsp3) is 0.667. The van der Waals surface area contributed by atoms with Gasteiger partial charge in [0.1, 0.15) is 0 Å². The second kappa shape index (κ2) is 4.37. The van der Waals surface area contributed by atoms with Crippen molar-refractivity contribution < 1.29 is 4.74 Å². The Hall–Kier alpha value is -0.800. The molecule has 0 radical (unpaired) electrons. The average molecular weight is 208 g/mol. The zero-order valence-corrected chi connectivity index (χ0v) is 9.62. The summed E-state index contributed by atoms with van der Waals surface area (Å²) in [5.74, 6) is 0.681. The highest BCUT2D eigenvalue weighted by Gasteiger charge is 2.18. The van der Waals surface area contributed by atoms with Crippen LogP contribution in [0.4, 0.5) is 0 Å². The standard InChI is InChI=1S/C12H20N2O/c1-9-5-12(6-13)10(2)14(9)7-11-3-4-15-8-11/h5,11H,3-4,6-8,13H2,1-2H3. The lowest BCUT2D eigenvalue weighted by Crippen LogP contribution is -2.13. The summed E-state index contributed by atoms with van der Waals surface area (Å²) >= 11 is 0. The van der Waals surface area contributed by atoms with Gasteiger partial charge >= 0.3 is 0 Å². The lowest BCUT2D eigenvalue weighted by atomic mass is 10.1. The summed E-state index contributed by atoms with van der Waals surface area (Å²) in [4.78, 5) is 0. The van der Waals surface area contributed by atoms with Crippen LogP contribution in [0.25, 0.3) is 0 Å². The molecule has 0 spiro atoms. The van der Waals surface area contributed by atoms with Crippen molar-refractivity contribution in [3.05, 3.63) is 23.0 Å². The average Bonchev–Trinajstić information content (AvgIpc) is 2.81. The SMILES string of the molecule is Cc1cc(CN)c(C)n1CC1CCOC1. The van der Waals surface area contributed by atoms with E-state index in [2.05, 4.69) is 24.5 Å². The monoisotopic (exact) mass is 208 g/mol. The normalized spacial score (nSPS) is 21.1. The molecule has 1 saturated heterocycles. The predicted octanol–water partition coefficient (Wildman–Crippen LogP) is 1.60. The predicted molar refractivity (Wildman–Crippen MR) is 60.7 cm³/mol. The van der Waals surface area contributed by atoms with Gasteiger partial charge in [0.2, 0.25) is 0 Å². The lowest BCUT2D eigenvalue weighted by Gasteiger charge is -2.13. The van der Waals surface area contributed by atoms with Crippen LogP contribution in [-0.2, 0) is 17.8 Å². The minimum Gasteiger partial charge on any atom is -0.381 e. The van der Waals surface area contributed by atoms with E-state index in [0.29, 0.717) is 12.5 Å². The van der Waals surface area contributed by atoms with Gasteiger partial charge in [0.25, 0.3) is 0 Å². The van der Waals surface area contributed by atoms with E-state index in [4.69, 9.17) is 10.5 Å². The summed E-state index contributed by atoms with van der Waals surface area (Å²) in [7, 11) is 0. The van der Waals surface area contributed by atoms with Crippen LogP contribution < -0.4 is 5.73 Å². The molecule has 1 atom stereocenters. The van der Waals surface area contributed by atoms with Gasteiger partial charge < -0.3 is 15.0 Å². The third-order valence-electron chi connectivity index (χ3n) is 3.36. The number of nitrogens with zero attached hydrogens (tertiary/aromatic N) is 1. The quantitative estimate of drug-likeness (QED) is 0.819. The first-order valence-corrected chi connectivity index (χ1v) is 5.65. The van der Waals surface area contributed by atoms with Crippen LogP contribution in [-0.4, -0.2) is 17.8 Å². The highest BCUT2D eigenvalue weighted by Crippen LogP contribution is 2.20. The molecule has 2 heterocycles. The number of rotatable bonds is 3. The summed E-state index contributed by atoms with van der Waals surface area (Å²) in [6.07, 6.45) is 1.19. The molecular weight excluding hydrogens is 188 g/mol. The smallest absolute Gasteiger partial charge is 0.0512 e. The number of hydrogen-bond acceptors (Lipinski definition) is 2. The van der Waals surface area contributed by atoms with Crippen LogP contribution in [0.2, 0.25) is 0 Å². The second-order valence-corrected chi connectivity index (χ2v) is 4.44. The third-order valence-corrected chi connectivity index (χ3v) is 3.36. The minimum atomic E-state index is 0.640. The molecule has 3 heteroatoms. The molecule has 2 rings (SSSR count). The Morgan fingerprint density at radius 1 is 1.53 bits per heavy atom. The maximum absolute atomic E-state index is 5.70. The largest absolute Gasteiger partial charge is 0.381 e. The molecule has 1 aliphatic rings. The van der Waals surface area contributed by atoms with Gasteiger partial charge in [0, 0.05) is 37.0 Å². The van der Waals surface area contributed by atoms with Gasteiger partial charge in [0.15, 0.2) is 0 Å². The van der Waals surface area contributed by atoms with E-state index in [-0.39, 0.29) is 0 Å². The molecule has 0 aromatic carbocycles. The lowest BCUT2D eigenvalue weighted by molar-refractivity contribution is 0.182. The van der Waals surface area contributed by atoms with Gasteiger partial charge in [0.05, 0.1) is 6.61 Å². The fourth-order valence-electron chi connectivity index (χ4n) is 2.35. The Morgan fingerprint density at radius 2 is 2.33 bits per heavy atom. The van der Waals surface area contributed by atoms with Crippen molar-refractivity contribution in [1.82, 2.24) is 4.57 Å². The molecule has 0 saturated carbocycles. The van der Waals surface area contributed by atoms with E-state index in [0.717, 1.165) is 19.8 Å².